The molecule has 0 aliphatic carbocycles. The summed E-state index contributed by atoms with van der Waals surface area (Å²) in [5, 5.41) is 15.4. The Morgan fingerprint density at radius 3 is 2.93 bits per heavy atom. The maximum absolute atomic E-state index is 13.5. The molecule has 0 spiro atoms. The number of thiazole rings is 1. The molecule has 0 aliphatic rings. The lowest BCUT2D eigenvalue weighted by Gasteiger charge is -2.05. The predicted molar refractivity (Wildman–Crippen MR) is 120 cm³/mol. The summed E-state index contributed by atoms with van der Waals surface area (Å²) in [6.07, 6.45) is 1.48. The number of allylic oxidation sites excluding steroid dienone is 1. The van der Waals surface area contributed by atoms with Crippen LogP contribution in [0.15, 0.2) is 67.7 Å². The van der Waals surface area contributed by atoms with Crippen LogP contribution in [0.3, 0.4) is 0 Å². The standard InChI is InChI=1S/C22H13BrFN3O2S/c1-12-2-4-16(24)8-18(12)26-10-14(9-25)21-27-19(11-30-21)17-7-13-6-15(23)3-5-20(13)29-22(17)28/h2-8,10-11,26H,1H3/b14-10+. The minimum atomic E-state index is -0.502. The van der Waals surface area contributed by atoms with Crippen molar-refractivity contribution < 1.29 is 8.81 Å². The highest BCUT2D eigenvalue weighted by Crippen LogP contribution is 2.27. The first-order valence-corrected chi connectivity index (χ1v) is 10.4. The molecule has 0 radical (unpaired) electrons. The second kappa shape index (κ2) is 8.22. The molecule has 2 aromatic heterocycles. The number of hydrogen-bond donors (Lipinski definition) is 1. The highest BCUT2D eigenvalue weighted by Gasteiger charge is 2.14. The summed E-state index contributed by atoms with van der Waals surface area (Å²) < 4.78 is 19.7. The number of fused-ring (bicyclic) bond motifs is 1. The monoisotopic (exact) mass is 481 g/mol. The van der Waals surface area contributed by atoms with Crippen LogP contribution in [0.4, 0.5) is 10.1 Å². The molecule has 148 valence electrons. The summed E-state index contributed by atoms with van der Waals surface area (Å²) in [6, 6.07) is 13.5. The Labute approximate surface area is 183 Å². The van der Waals surface area contributed by atoms with Crippen LogP contribution in [0.25, 0.3) is 27.8 Å². The van der Waals surface area contributed by atoms with Crippen LogP contribution in [0, 0.1) is 24.1 Å². The van der Waals surface area contributed by atoms with Gasteiger partial charge in [0.2, 0.25) is 0 Å². The highest BCUT2D eigenvalue weighted by molar-refractivity contribution is 9.10. The first-order valence-electron chi connectivity index (χ1n) is 8.77. The minimum Gasteiger partial charge on any atom is -0.422 e. The van der Waals surface area contributed by atoms with Crippen LogP contribution < -0.4 is 10.9 Å². The largest absolute Gasteiger partial charge is 0.422 e. The van der Waals surface area contributed by atoms with Crippen LogP contribution in [-0.4, -0.2) is 4.98 Å². The summed E-state index contributed by atoms with van der Waals surface area (Å²) in [4.78, 5) is 16.8. The van der Waals surface area contributed by atoms with Gasteiger partial charge in [-0.15, -0.1) is 11.3 Å². The fourth-order valence-electron chi connectivity index (χ4n) is 2.84. The number of rotatable bonds is 4. The van der Waals surface area contributed by atoms with Crippen molar-refractivity contribution in [1.82, 2.24) is 4.98 Å². The maximum atomic E-state index is 13.5. The van der Waals surface area contributed by atoms with Crippen molar-refractivity contribution in [3.05, 3.63) is 85.3 Å². The smallest absolute Gasteiger partial charge is 0.345 e. The molecule has 0 amide bonds. The SMILES string of the molecule is Cc1ccc(F)cc1N/C=C(\C#N)c1nc(-c2cc3cc(Br)ccc3oc2=O)cs1. The molecule has 2 aromatic carbocycles. The number of halogens is 2. The molecule has 0 bridgehead atoms. The fourth-order valence-corrected chi connectivity index (χ4v) is 4.00. The number of anilines is 1. The number of nitrogens with one attached hydrogen (secondary N) is 1. The Bertz CT molecular complexity index is 1400. The number of nitrogens with zero attached hydrogens (tertiary/aromatic N) is 2. The van der Waals surface area contributed by atoms with Gasteiger partial charge in [-0.05, 0) is 48.9 Å². The highest BCUT2D eigenvalue weighted by atomic mass is 79.9. The van der Waals surface area contributed by atoms with E-state index in [1.165, 1.54) is 29.7 Å². The summed E-state index contributed by atoms with van der Waals surface area (Å²) in [5.41, 5.74) is 2.38. The predicted octanol–water partition coefficient (Wildman–Crippen LogP) is 6.10. The van der Waals surface area contributed by atoms with E-state index in [9.17, 15) is 14.4 Å². The Balaban J connectivity index is 1.68. The molecule has 0 aliphatic heterocycles. The van der Waals surface area contributed by atoms with Crippen LogP contribution in [0.5, 0.6) is 0 Å². The van der Waals surface area contributed by atoms with Gasteiger partial charge in [0, 0.05) is 27.1 Å². The van der Waals surface area contributed by atoms with Gasteiger partial charge in [0.05, 0.1) is 11.3 Å². The van der Waals surface area contributed by atoms with E-state index in [2.05, 4.69) is 32.3 Å². The summed E-state index contributed by atoms with van der Waals surface area (Å²) in [5.74, 6) is -0.374. The summed E-state index contributed by atoms with van der Waals surface area (Å²) in [6.45, 7) is 1.83. The average molecular weight is 482 g/mol. The van der Waals surface area contributed by atoms with Crippen molar-refractivity contribution in [3.63, 3.8) is 0 Å². The van der Waals surface area contributed by atoms with E-state index in [-0.39, 0.29) is 11.4 Å². The normalized spacial score (nSPS) is 11.5. The zero-order valence-electron chi connectivity index (χ0n) is 15.6. The van der Waals surface area contributed by atoms with Crippen molar-refractivity contribution >= 4 is 49.5 Å². The second-order valence-corrected chi connectivity index (χ2v) is 8.21. The molecule has 0 fully saturated rings. The molecule has 5 nitrogen and oxygen atoms in total. The fraction of sp³-hybridized carbons (Fsp3) is 0.0455. The quantitative estimate of drug-likeness (QED) is 0.281. The summed E-state index contributed by atoms with van der Waals surface area (Å²) >= 11 is 4.63. The van der Waals surface area contributed by atoms with E-state index >= 15 is 0 Å². The first kappa shape index (κ1) is 20.0. The van der Waals surface area contributed by atoms with E-state index in [0.29, 0.717) is 27.5 Å². The van der Waals surface area contributed by atoms with Crippen molar-refractivity contribution in [3.8, 4) is 17.3 Å². The van der Waals surface area contributed by atoms with Crippen LogP contribution in [0.1, 0.15) is 10.6 Å². The molecule has 0 saturated heterocycles. The van der Waals surface area contributed by atoms with Gasteiger partial charge >= 0.3 is 5.63 Å². The van der Waals surface area contributed by atoms with E-state index in [1.54, 1.807) is 29.6 Å². The average Bonchev–Trinajstić information content (AvgIpc) is 3.20. The molecule has 30 heavy (non-hydrogen) atoms. The van der Waals surface area contributed by atoms with Crippen molar-refractivity contribution in [2.24, 2.45) is 0 Å². The molecule has 8 heteroatoms. The van der Waals surface area contributed by atoms with Gasteiger partial charge in [-0.25, -0.2) is 14.2 Å². The number of aryl methyl sites for hydroxylation is 1. The Morgan fingerprint density at radius 1 is 1.30 bits per heavy atom. The lowest BCUT2D eigenvalue weighted by Crippen LogP contribution is -2.03. The molecule has 4 rings (SSSR count). The molecule has 2 heterocycles. The zero-order chi connectivity index (χ0) is 21.3. The summed E-state index contributed by atoms with van der Waals surface area (Å²) in [7, 11) is 0. The van der Waals surface area contributed by atoms with Gasteiger partial charge in [0.25, 0.3) is 0 Å². The van der Waals surface area contributed by atoms with Crippen molar-refractivity contribution in [2.75, 3.05) is 5.32 Å². The van der Waals surface area contributed by atoms with Gasteiger partial charge in [0.1, 0.15) is 28.1 Å². The molecule has 0 atom stereocenters. The first-order chi connectivity index (χ1) is 14.4. The van der Waals surface area contributed by atoms with Crippen LogP contribution >= 0.6 is 27.3 Å². The molecule has 0 saturated carbocycles. The lowest BCUT2D eigenvalue weighted by atomic mass is 10.1. The van der Waals surface area contributed by atoms with Gasteiger partial charge in [-0.1, -0.05) is 22.0 Å². The maximum Gasteiger partial charge on any atom is 0.345 e. The topological polar surface area (TPSA) is 78.9 Å². The molecule has 1 N–H and O–H groups in total. The van der Waals surface area contributed by atoms with E-state index in [4.69, 9.17) is 4.42 Å². The number of benzene rings is 2. The third-order valence-electron chi connectivity index (χ3n) is 4.40. The minimum absolute atomic E-state index is 0.267. The van der Waals surface area contributed by atoms with Gasteiger partial charge in [0.15, 0.2) is 0 Å². The number of nitriles is 1. The molecular formula is C22H13BrFN3O2S. The molecule has 4 aromatic rings. The van der Waals surface area contributed by atoms with Crippen molar-refractivity contribution in [1.29, 1.82) is 5.26 Å². The molecular weight excluding hydrogens is 469 g/mol. The Morgan fingerprint density at radius 2 is 2.13 bits per heavy atom. The van der Waals surface area contributed by atoms with Gasteiger partial charge < -0.3 is 9.73 Å². The zero-order valence-corrected chi connectivity index (χ0v) is 18.0. The van der Waals surface area contributed by atoms with Crippen LogP contribution in [-0.2, 0) is 0 Å². The second-order valence-electron chi connectivity index (χ2n) is 6.44. The number of hydrogen-bond acceptors (Lipinski definition) is 6. The van der Waals surface area contributed by atoms with E-state index in [0.717, 1.165) is 15.4 Å². The van der Waals surface area contributed by atoms with E-state index < -0.39 is 5.63 Å². The molecule has 0 unspecified atom stereocenters. The Hall–Kier alpha value is -3.28. The Kier molecular flexibility index (Phi) is 5.48. The van der Waals surface area contributed by atoms with Crippen LogP contribution in [0.2, 0.25) is 0 Å². The third-order valence-corrected chi connectivity index (χ3v) is 5.77. The van der Waals surface area contributed by atoms with Crippen molar-refractivity contribution in [2.45, 2.75) is 6.92 Å². The number of aromatic nitrogens is 1. The lowest BCUT2D eigenvalue weighted by molar-refractivity contribution is 0.563. The van der Waals surface area contributed by atoms with Gasteiger partial charge in [-0.2, -0.15) is 5.26 Å². The van der Waals surface area contributed by atoms with E-state index in [1.807, 2.05) is 13.0 Å². The third kappa shape index (κ3) is 4.03. The van der Waals surface area contributed by atoms with Gasteiger partial charge in [-0.3, -0.25) is 0 Å².